The fourth-order valence-electron chi connectivity index (χ4n) is 2.16. The summed E-state index contributed by atoms with van der Waals surface area (Å²) in [4.78, 5) is 34.3. The molecule has 0 aliphatic carbocycles. The van der Waals surface area contributed by atoms with E-state index in [4.69, 9.17) is 4.74 Å². The van der Waals surface area contributed by atoms with E-state index in [1.807, 2.05) is 30.3 Å². The summed E-state index contributed by atoms with van der Waals surface area (Å²) in [5, 5.41) is 6.71. The molecule has 0 bridgehead atoms. The topological polar surface area (TPSA) is 84.5 Å². The Labute approximate surface area is 133 Å². The maximum absolute atomic E-state index is 11.7. The van der Waals surface area contributed by atoms with Gasteiger partial charge in [-0.15, -0.1) is 0 Å². The predicted molar refractivity (Wildman–Crippen MR) is 86.5 cm³/mol. The third kappa shape index (κ3) is 4.29. The van der Waals surface area contributed by atoms with E-state index in [9.17, 15) is 14.4 Å². The van der Waals surface area contributed by atoms with Crippen LogP contribution in [0.4, 0.5) is 0 Å². The van der Waals surface area contributed by atoms with Crippen molar-refractivity contribution in [1.82, 2.24) is 10.6 Å². The summed E-state index contributed by atoms with van der Waals surface area (Å²) < 4.78 is 5.42. The third-order valence-electron chi connectivity index (χ3n) is 3.23. The monoisotopic (exact) mass is 314 g/mol. The number of aldehydes is 1. The number of amides is 2. The van der Waals surface area contributed by atoms with Crippen molar-refractivity contribution in [3.8, 4) is 5.75 Å². The number of benzene rings is 2. The summed E-state index contributed by atoms with van der Waals surface area (Å²) in [6.07, 6.45) is 0.713. The van der Waals surface area contributed by atoms with Crippen LogP contribution in [0.25, 0.3) is 10.8 Å². The van der Waals surface area contributed by atoms with Crippen LogP contribution in [0.1, 0.15) is 17.3 Å². The van der Waals surface area contributed by atoms with Crippen LogP contribution in [0, 0.1) is 0 Å². The Morgan fingerprint density at radius 3 is 2.61 bits per heavy atom. The minimum Gasteiger partial charge on any atom is -0.483 e. The lowest BCUT2D eigenvalue weighted by Crippen LogP contribution is -2.38. The van der Waals surface area contributed by atoms with Crippen LogP contribution in [0.15, 0.2) is 36.4 Å². The molecule has 23 heavy (non-hydrogen) atoms. The molecule has 0 fully saturated rings. The van der Waals surface area contributed by atoms with Gasteiger partial charge in [0, 0.05) is 6.54 Å². The molecule has 0 saturated heterocycles. The summed E-state index contributed by atoms with van der Waals surface area (Å²) >= 11 is 0. The number of fused-ring (bicyclic) bond motifs is 1. The molecule has 2 rings (SSSR count). The highest BCUT2D eigenvalue weighted by atomic mass is 16.5. The van der Waals surface area contributed by atoms with Crippen molar-refractivity contribution < 1.29 is 19.1 Å². The predicted octanol–water partition coefficient (Wildman–Crippen LogP) is 1.28. The lowest BCUT2D eigenvalue weighted by Gasteiger charge is -2.11. The van der Waals surface area contributed by atoms with E-state index in [-0.39, 0.29) is 19.1 Å². The average molecular weight is 314 g/mol. The van der Waals surface area contributed by atoms with Crippen molar-refractivity contribution in [3.05, 3.63) is 42.0 Å². The summed E-state index contributed by atoms with van der Waals surface area (Å²) in [5.74, 6) is -0.353. The summed E-state index contributed by atoms with van der Waals surface area (Å²) in [7, 11) is 0. The van der Waals surface area contributed by atoms with Gasteiger partial charge in [-0.25, -0.2) is 0 Å². The molecular weight excluding hydrogens is 296 g/mol. The van der Waals surface area contributed by atoms with Crippen LogP contribution < -0.4 is 15.4 Å². The summed E-state index contributed by atoms with van der Waals surface area (Å²) in [6.45, 7) is 1.93. The van der Waals surface area contributed by atoms with Crippen LogP contribution in [0.3, 0.4) is 0 Å². The van der Waals surface area contributed by atoms with Crippen LogP contribution >= 0.6 is 0 Å². The molecule has 6 nitrogen and oxygen atoms in total. The van der Waals surface area contributed by atoms with Gasteiger partial charge in [0.05, 0.1) is 12.1 Å². The van der Waals surface area contributed by atoms with E-state index in [1.54, 1.807) is 13.0 Å². The molecule has 2 amide bonds. The minimum absolute atomic E-state index is 0.103. The molecular formula is C17H18N2O4. The molecule has 0 aromatic heterocycles. The lowest BCUT2D eigenvalue weighted by molar-refractivity contribution is -0.127. The van der Waals surface area contributed by atoms with Gasteiger partial charge in [0.1, 0.15) is 5.75 Å². The van der Waals surface area contributed by atoms with Crippen LogP contribution in [-0.2, 0) is 9.59 Å². The Morgan fingerprint density at radius 1 is 1.09 bits per heavy atom. The Kier molecular flexibility index (Phi) is 5.68. The summed E-state index contributed by atoms with van der Waals surface area (Å²) in [5.41, 5.74) is 0.402. The molecule has 0 unspecified atom stereocenters. The quantitative estimate of drug-likeness (QED) is 0.754. The molecule has 0 radical (unpaired) electrons. The molecule has 120 valence electrons. The van der Waals surface area contributed by atoms with Crippen molar-refractivity contribution in [1.29, 1.82) is 0 Å². The van der Waals surface area contributed by atoms with Gasteiger partial charge in [0.2, 0.25) is 5.91 Å². The molecule has 0 spiro atoms. The van der Waals surface area contributed by atoms with E-state index >= 15 is 0 Å². The van der Waals surface area contributed by atoms with Gasteiger partial charge in [-0.2, -0.15) is 0 Å². The minimum atomic E-state index is -0.429. The van der Waals surface area contributed by atoms with Crippen molar-refractivity contribution in [2.24, 2.45) is 0 Å². The number of carbonyl (C=O) groups excluding carboxylic acids is 3. The average Bonchev–Trinajstić information content (AvgIpc) is 2.57. The number of nitrogens with one attached hydrogen (secondary N) is 2. The zero-order valence-corrected chi connectivity index (χ0v) is 12.8. The first-order chi connectivity index (χ1) is 11.2. The number of ether oxygens (including phenoxy) is 1. The second-order valence-corrected chi connectivity index (χ2v) is 4.84. The molecule has 0 aliphatic rings. The standard InChI is InChI=1S/C17H18N2O4/c1-2-18-16(21)9-19-17(22)11-23-15-8-7-12-5-3-4-6-13(12)14(15)10-20/h3-8,10H,2,9,11H2,1H3,(H,18,21)(H,19,22). The zero-order valence-electron chi connectivity index (χ0n) is 12.8. The highest BCUT2D eigenvalue weighted by Gasteiger charge is 2.10. The van der Waals surface area contributed by atoms with Gasteiger partial charge in [-0.3, -0.25) is 14.4 Å². The Morgan fingerprint density at radius 2 is 1.87 bits per heavy atom. The van der Waals surface area contributed by atoms with Crippen LogP contribution in [-0.4, -0.2) is 37.8 Å². The molecule has 2 N–H and O–H groups in total. The number of hydrogen-bond acceptors (Lipinski definition) is 4. The van der Waals surface area contributed by atoms with Gasteiger partial charge in [0.25, 0.3) is 5.91 Å². The second kappa shape index (κ2) is 7.93. The maximum atomic E-state index is 11.7. The summed E-state index contributed by atoms with van der Waals surface area (Å²) in [6, 6.07) is 10.9. The first kappa shape index (κ1) is 16.5. The van der Waals surface area contributed by atoms with E-state index in [0.717, 1.165) is 10.8 Å². The van der Waals surface area contributed by atoms with E-state index in [0.29, 0.717) is 24.1 Å². The lowest BCUT2D eigenvalue weighted by atomic mass is 10.0. The Hall–Kier alpha value is -2.89. The van der Waals surface area contributed by atoms with E-state index in [2.05, 4.69) is 10.6 Å². The molecule has 0 saturated carbocycles. The number of rotatable bonds is 7. The van der Waals surface area contributed by atoms with Crippen molar-refractivity contribution >= 4 is 28.9 Å². The van der Waals surface area contributed by atoms with Gasteiger partial charge in [-0.1, -0.05) is 30.3 Å². The van der Waals surface area contributed by atoms with Crippen LogP contribution in [0.2, 0.25) is 0 Å². The number of hydrogen-bond donors (Lipinski definition) is 2. The third-order valence-corrected chi connectivity index (χ3v) is 3.23. The van der Waals surface area contributed by atoms with Crippen LogP contribution in [0.5, 0.6) is 5.75 Å². The SMILES string of the molecule is CCNC(=O)CNC(=O)COc1ccc2ccccc2c1C=O. The molecule has 0 aliphatic heterocycles. The molecule has 0 atom stereocenters. The maximum Gasteiger partial charge on any atom is 0.258 e. The molecule has 2 aromatic carbocycles. The highest BCUT2D eigenvalue weighted by Crippen LogP contribution is 2.26. The fraction of sp³-hybridized carbons (Fsp3) is 0.235. The largest absolute Gasteiger partial charge is 0.483 e. The first-order valence-corrected chi connectivity index (χ1v) is 7.28. The molecule has 2 aromatic rings. The number of likely N-dealkylation sites (N-methyl/N-ethyl adjacent to an activating group) is 1. The highest BCUT2D eigenvalue weighted by molar-refractivity contribution is 6.00. The molecule has 0 heterocycles. The van der Waals surface area contributed by atoms with Gasteiger partial charge >= 0.3 is 0 Å². The van der Waals surface area contributed by atoms with Gasteiger partial charge in [-0.05, 0) is 23.8 Å². The van der Waals surface area contributed by atoms with E-state index < -0.39 is 5.91 Å². The van der Waals surface area contributed by atoms with Gasteiger partial charge < -0.3 is 15.4 Å². The zero-order chi connectivity index (χ0) is 16.7. The second-order valence-electron chi connectivity index (χ2n) is 4.84. The normalized spacial score (nSPS) is 10.1. The first-order valence-electron chi connectivity index (χ1n) is 7.28. The Balaban J connectivity index is 2.00. The van der Waals surface area contributed by atoms with Gasteiger partial charge in [0.15, 0.2) is 12.9 Å². The fourth-order valence-corrected chi connectivity index (χ4v) is 2.16. The van der Waals surface area contributed by atoms with Crippen molar-refractivity contribution in [3.63, 3.8) is 0 Å². The van der Waals surface area contributed by atoms with Crippen molar-refractivity contribution in [2.45, 2.75) is 6.92 Å². The van der Waals surface area contributed by atoms with E-state index in [1.165, 1.54) is 0 Å². The van der Waals surface area contributed by atoms with Crippen molar-refractivity contribution in [2.75, 3.05) is 19.7 Å². The smallest absolute Gasteiger partial charge is 0.258 e. The molecule has 6 heteroatoms. The number of carbonyl (C=O) groups is 3. The Bertz CT molecular complexity index is 728.